The second-order valence-electron chi connectivity index (χ2n) is 4.92. The molecule has 2 aliphatic heterocycles. The molecule has 1 unspecified atom stereocenters. The summed E-state index contributed by atoms with van der Waals surface area (Å²) in [4.78, 5) is 27.5. The number of imide groups is 1. The standard InChI is InChI=1S/C12H20ClN3O2/c13-5-4-11(17)14-12(18)16-8-2-7-15-6-1-3-10(15)9-16/h10H,1-9H2,(H,14,17,18). The topological polar surface area (TPSA) is 52.7 Å². The van der Waals surface area contributed by atoms with Crippen LogP contribution in [-0.2, 0) is 4.79 Å². The first-order valence-corrected chi connectivity index (χ1v) is 7.13. The van der Waals surface area contributed by atoms with Crippen molar-refractivity contribution in [3.8, 4) is 0 Å². The molecule has 5 nitrogen and oxygen atoms in total. The summed E-state index contributed by atoms with van der Waals surface area (Å²) in [7, 11) is 0. The molecule has 0 saturated carbocycles. The smallest absolute Gasteiger partial charge is 0.323 e. The van der Waals surface area contributed by atoms with Crippen molar-refractivity contribution in [2.45, 2.75) is 31.7 Å². The summed E-state index contributed by atoms with van der Waals surface area (Å²) in [5.41, 5.74) is 0. The Balaban J connectivity index is 1.87. The van der Waals surface area contributed by atoms with E-state index in [1.165, 1.54) is 6.42 Å². The Kier molecular flexibility index (Phi) is 4.83. The lowest BCUT2D eigenvalue weighted by atomic mass is 10.2. The average Bonchev–Trinajstić information content (AvgIpc) is 2.66. The Hall–Kier alpha value is -0.810. The molecule has 1 N–H and O–H groups in total. The van der Waals surface area contributed by atoms with Gasteiger partial charge < -0.3 is 4.90 Å². The maximum Gasteiger partial charge on any atom is 0.324 e. The van der Waals surface area contributed by atoms with E-state index in [2.05, 4.69) is 10.2 Å². The summed E-state index contributed by atoms with van der Waals surface area (Å²) in [6, 6.07) is 0.209. The number of fused-ring (bicyclic) bond motifs is 1. The fourth-order valence-electron chi connectivity index (χ4n) is 2.74. The predicted octanol–water partition coefficient (Wildman–Crippen LogP) is 1.02. The minimum Gasteiger partial charge on any atom is -0.323 e. The Morgan fingerprint density at radius 2 is 2.00 bits per heavy atom. The highest BCUT2D eigenvalue weighted by molar-refractivity contribution is 6.19. The van der Waals surface area contributed by atoms with E-state index in [0.29, 0.717) is 6.04 Å². The van der Waals surface area contributed by atoms with Gasteiger partial charge in [0.2, 0.25) is 5.91 Å². The SMILES string of the molecule is O=C(CCCl)NC(=O)N1CCCN2CCCC2C1. The number of urea groups is 1. The Morgan fingerprint density at radius 3 is 2.78 bits per heavy atom. The largest absolute Gasteiger partial charge is 0.324 e. The lowest BCUT2D eigenvalue weighted by molar-refractivity contribution is -0.119. The average molecular weight is 274 g/mol. The zero-order valence-corrected chi connectivity index (χ0v) is 11.3. The van der Waals surface area contributed by atoms with Crippen LogP contribution in [0.15, 0.2) is 0 Å². The van der Waals surface area contributed by atoms with Crippen molar-refractivity contribution >= 4 is 23.5 Å². The van der Waals surface area contributed by atoms with Crippen LogP contribution in [0, 0.1) is 0 Å². The van der Waals surface area contributed by atoms with Crippen LogP contribution in [0.3, 0.4) is 0 Å². The van der Waals surface area contributed by atoms with E-state index < -0.39 is 0 Å². The molecule has 0 radical (unpaired) electrons. The van der Waals surface area contributed by atoms with Gasteiger partial charge in [0.1, 0.15) is 0 Å². The molecule has 0 aromatic carbocycles. The number of alkyl halides is 1. The lowest BCUT2D eigenvalue weighted by Gasteiger charge is -2.25. The van der Waals surface area contributed by atoms with Crippen molar-refractivity contribution in [1.29, 1.82) is 0 Å². The molecule has 2 rings (SSSR count). The highest BCUT2D eigenvalue weighted by atomic mass is 35.5. The molecule has 0 aromatic heterocycles. The number of carbonyl (C=O) groups excluding carboxylic acids is 2. The van der Waals surface area contributed by atoms with Gasteiger partial charge in [0, 0.05) is 38.0 Å². The summed E-state index contributed by atoms with van der Waals surface area (Å²) in [5, 5.41) is 2.40. The second-order valence-corrected chi connectivity index (χ2v) is 5.30. The first-order chi connectivity index (χ1) is 8.70. The summed E-state index contributed by atoms with van der Waals surface area (Å²) in [5.74, 6) is -0.0438. The van der Waals surface area contributed by atoms with Gasteiger partial charge in [-0.3, -0.25) is 15.0 Å². The third kappa shape index (κ3) is 3.36. The maximum absolute atomic E-state index is 12.0. The summed E-state index contributed by atoms with van der Waals surface area (Å²) >= 11 is 5.47. The van der Waals surface area contributed by atoms with Gasteiger partial charge in [-0.2, -0.15) is 0 Å². The van der Waals surface area contributed by atoms with E-state index in [1.54, 1.807) is 4.90 Å². The van der Waals surface area contributed by atoms with Crippen molar-refractivity contribution in [2.24, 2.45) is 0 Å². The highest BCUT2D eigenvalue weighted by Gasteiger charge is 2.30. The van der Waals surface area contributed by atoms with Crippen LogP contribution in [0.4, 0.5) is 4.79 Å². The van der Waals surface area contributed by atoms with Gasteiger partial charge in [0.05, 0.1) is 0 Å². The minimum atomic E-state index is -0.289. The van der Waals surface area contributed by atoms with Crippen molar-refractivity contribution in [2.75, 3.05) is 32.1 Å². The third-order valence-corrected chi connectivity index (χ3v) is 3.85. The molecular formula is C12H20ClN3O2. The van der Waals surface area contributed by atoms with E-state index >= 15 is 0 Å². The molecular weight excluding hydrogens is 254 g/mol. The zero-order valence-electron chi connectivity index (χ0n) is 10.5. The summed E-state index contributed by atoms with van der Waals surface area (Å²) < 4.78 is 0. The van der Waals surface area contributed by atoms with Gasteiger partial charge in [0.25, 0.3) is 0 Å². The number of carbonyl (C=O) groups is 2. The molecule has 3 amide bonds. The molecule has 6 heteroatoms. The normalized spacial score (nSPS) is 24.5. The van der Waals surface area contributed by atoms with Crippen molar-refractivity contribution in [1.82, 2.24) is 15.1 Å². The monoisotopic (exact) mass is 273 g/mol. The summed E-state index contributed by atoms with van der Waals surface area (Å²) in [6.07, 6.45) is 3.54. The van der Waals surface area contributed by atoms with Crippen LogP contribution in [-0.4, -0.2) is 59.8 Å². The van der Waals surface area contributed by atoms with E-state index in [-0.39, 0.29) is 24.2 Å². The highest BCUT2D eigenvalue weighted by Crippen LogP contribution is 2.21. The molecule has 102 valence electrons. The number of nitrogens with one attached hydrogen (secondary N) is 1. The first kappa shape index (κ1) is 13.6. The molecule has 0 aromatic rings. The van der Waals surface area contributed by atoms with Gasteiger partial charge in [-0.25, -0.2) is 4.79 Å². The van der Waals surface area contributed by atoms with Gasteiger partial charge >= 0.3 is 6.03 Å². The molecule has 0 bridgehead atoms. The molecule has 2 fully saturated rings. The Bertz CT molecular complexity index is 324. The molecule has 2 aliphatic rings. The molecule has 2 heterocycles. The number of rotatable bonds is 2. The van der Waals surface area contributed by atoms with E-state index in [9.17, 15) is 9.59 Å². The van der Waals surface area contributed by atoms with Crippen LogP contribution in [0.2, 0.25) is 0 Å². The second kappa shape index (κ2) is 6.38. The van der Waals surface area contributed by atoms with Gasteiger partial charge in [-0.15, -0.1) is 11.6 Å². The van der Waals surface area contributed by atoms with Crippen LogP contribution < -0.4 is 5.32 Å². The van der Waals surface area contributed by atoms with E-state index in [1.807, 2.05) is 0 Å². The van der Waals surface area contributed by atoms with Gasteiger partial charge in [-0.1, -0.05) is 0 Å². The Morgan fingerprint density at radius 1 is 1.22 bits per heavy atom. The number of amides is 3. The molecule has 0 aliphatic carbocycles. The van der Waals surface area contributed by atoms with E-state index in [4.69, 9.17) is 11.6 Å². The van der Waals surface area contributed by atoms with Crippen LogP contribution in [0.5, 0.6) is 0 Å². The number of hydrogen-bond donors (Lipinski definition) is 1. The van der Waals surface area contributed by atoms with Gasteiger partial charge in [-0.05, 0) is 25.8 Å². The molecule has 2 saturated heterocycles. The van der Waals surface area contributed by atoms with Crippen LogP contribution >= 0.6 is 11.6 Å². The number of halogens is 1. The maximum atomic E-state index is 12.0. The lowest BCUT2D eigenvalue weighted by Crippen LogP contribution is -2.46. The fourth-order valence-corrected chi connectivity index (χ4v) is 2.91. The molecule has 1 atom stereocenters. The molecule has 0 spiro atoms. The van der Waals surface area contributed by atoms with Gasteiger partial charge in [0.15, 0.2) is 0 Å². The Labute approximate surface area is 112 Å². The van der Waals surface area contributed by atoms with Crippen molar-refractivity contribution < 1.29 is 9.59 Å². The van der Waals surface area contributed by atoms with Crippen LogP contribution in [0.25, 0.3) is 0 Å². The minimum absolute atomic E-state index is 0.191. The number of nitrogens with zero attached hydrogens (tertiary/aromatic N) is 2. The van der Waals surface area contributed by atoms with Crippen molar-refractivity contribution in [3.63, 3.8) is 0 Å². The third-order valence-electron chi connectivity index (χ3n) is 3.66. The quantitative estimate of drug-likeness (QED) is 0.765. The fraction of sp³-hybridized carbons (Fsp3) is 0.833. The summed E-state index contributed by atoms with van der Waals surface area (Å²) in [6.45, 7) is 3.67. The first-order valence-electron chi connectivity index (χ1n) is 6.59. The predicted molar refractivity (Wildman–Crippen MR) is 69.7 cm³/mol. The zero-order chi connectivity index (χ0) is 13.0. The number of hydrogen-bond acceptors (Lipinski definition) is 3. The van der Waals surface area contributed by atoms with Crippen LogP contribution in [0.1, 0.15) is 25.7 Å². The molecule has 18 heavy (non-hydrogen) atoms. The van der Waals surface area contributed by atoms with E-state index in [0.717, 1.165) is 39.0 Å². The van der Waals surface area contributed by atoms with Crippen molar-refractivity contribution in [3.05, 3.63) is 0 Å².